The largest absolute Gasteiger partial charge is 0.441 e. The van der Waals surface area contributed by atoms with Crippen LogP contribution in [0.25, 0.3) is 22.5 Å². The highest BCUT2D eigenvalue weighted by atomic mass is 19.2. The Morgan fingerprint density at radius 1 is 1.17 bits per heavy atom. The second kappa shape index (κ2) is 7.28. The highest BCUT2D eigenvalue weighted by Gasteiger charge is 2.30. The smallest absolute Gasteiger partial charge is 0.229 e. The summed E-state index contributed by atoms with van der Waals surface area (Å²) >= 11 is 0. The number of likely N-dealkylation sites (tertiary alicyclic amines) is 1. The molecule has 4 aromatic rings. The molecule has 30 heavy (non-hydrogen) atoms. The number of rotatable bonds is 4. The lowest BCUT2D eigenvalue weighted by atomic mass is 10.2. The summed E-state index contributed by atoms with van der Waals surface area (Å²) in [6.07, 6.45) is 1.89. The summed E-state index contributed by atoms with van der Waals surface area (Å²) in [5, 5.41) is 0. The van der Waals surface area contributed by atoms with Crippen LogP contribution in [0, 0.1) is 24.4 Å². The van der Waals surface area contributed by atoms with E-state index in [4.69, 9.17) is 4.42 Å². The van der Waals surface area contributed by atoms with Gasteiger partial charge in [0.15, 0.2) is 11.6 Å². The van der Waals surface area contributed by atoms with E-state index < -0.39 is 11.6 Å². The van der Waals surface area contributed by atoms with Crippen LogP contribution in [0.3, 0.4) is 0 Å². The maximum absolute atomic E-state index is 14.1. The second-order valence-electron chi connectivity index (χ2n) is 7.54. The molecule has 2 aromatic carbocycles. The summed E-state index contributed by atoms with van der Waals surface area (Å²) in [6.45, 7) is 3.09. The predicted molar refractivity (Wildman–Crippen MR) is 105 cm³/mol. The topological polar surface area (TPSA) is 58.0 Å². The number of aromatic amines is 1. The number of nitrogens with one attached hydrogen (secondary N) is 1. The third-order valence-electron chi connectivity index (χ3n) is 5.57. The van der Waals surface area contributed by atoms with Crippen LogP contribution in [0.5, 0.6) is 0 Å². The van der Waals surface area contributed by atoms with Crippen molar-refractivity contribution in [3.63, 3.8) is 0 Å². The molecule has 1 aliphatic rings. The predicted octanol–water partition coefficient (Wildman–Crippen LogP) is 5.28. The molecule has 2 aromatic heterocycles. The van der Waals surface area contributed by atoms with E-state index in [9.17, 15) is 13.2 Å². The minimum atomic E-state index is -0.973. The molecule has 154 valence electrons. The second-order valence-corrected chi connectivity index (χ2v) is 7.54. The minimum Gasteiger partial charge on any atom is -0.441 e. The summed E-state index contributed by atoms with van der Waals surface area (Å²) in [5.74, 6) is -0.813. The summed E-state index contributed by atoms with van der Waals surface area (Å²) < 4.78 is 46.8. The van der Waals surface area contributed by atoms with Gasteiger partial charge in [-0.15, -0.1) is 0 Å². The Kier molecular flexibility index (Phi) is 4.58. The molecule has 0 spiro atoms. The van der Waals surface area contributed by atoms with Crippen LogP contribution in [0.15, 0.2) is 40.8 Å². The lowest BCUT2D eigenvalue weighted by Gasteiger charge is -2.21. The monoisotopic (exact) mass is 412 g/mol. The molecule has 0 saturated carbocycles. The first-order valence-electron chi connectivity index (χ1n) is 9.79. The highest BCUT2D eigenvalue weighted by Crippen LogP contribution is 2.34. The van der Waals surface area contributed by atoms with Gasteiger partial charge in [-0.3, -0.25) is 4.90 Å². The molecule has 1 atom stereocenters. The molecule has 8 heteroatoms. The number of aromatic nitrogens is 3. The van der Waals surface area contributed by atoms with Gasteiger partial charge in [-0.25, -0.2) is 23.1 Å². The number of hydrogen-bond donors (Lipinski definition) is 1. The number of fused-ring (bicyclic) bond motifs is 1. The van der Waals surface area contributed by atoms with Gasteiger partial charge in [0, 0.05) is 6.54 Å². The fourth-order valence-corrected chi connectivity index (χ4v) is 4.04. The normalized spacial score (nSPS) is 17.3. The number of hydrogen-bond acceptors (Lipinski definition) is 4. The summed E-state index contributed by atoms with van der Waals surface area (Å²) in [4.78, 5) is 14.5. The molecule has 0 radical (unpaired) electrons. The number of imidazole rings is 1. The minimum absolute atomic E-state index is 0.00151. The van der Waals surface area contributed by atoms with E-state index in [0.29, 0.717) is 23.5 Å². The van der Waals surface area contributed by atoms with Crippen molar-refractivity contribution in [1.29, 1.82) is 0 Å². The number of aryl methyl sites for hydroxylation is 1. The van der Waals surface area contributed by atoms with Crippen molar-refractivity contribution >= 4 is 11.0 Å². The fourth-order valence-electron chi connectivity index (χ4n) is 4.04. The third kappa shape index (κ3) is 3.27. The van der Waals surface area contributed by atoms with Gasteiger partial charge in [-0.05, 0) is 56.6 Å². The zero-order chi connectivity index (χ0) is 20.8. The van der Waals surface area contributed by atoms with Crippen molar-refractivity contribution < 1.29 is 17.6 Å². The molecule has 0 unspecified atom stereocenters. The summed E-state index contributed by atoms with van der Waals surface area (Å²) in [6, 6.07) is 8.45. The third-order valence-corrected chi connectivity index (χ3v) is 5.57. The van der Waals surface area contributed by atoms with E-state index in [1.807, 2.05) is 0 Å². The molecular formula is C22H19F3N4O. The van der Waals surface area contributed by atoms with Crippen LogP contribution < -0.4 is 0 Å². The molecule has 0 aliphatic carbocycles. The van der Waals surface area contributed by atoms with Gasteiger partial charge in [0.25, 0.3) is 0 Å². The number of benzene rings is 2. The maximum atomic E-state index is 14.1. The van der Waals surface area contributed by atoms with Gasteiger partial charge in [-0.1, -0.05) is 6.07 Å². The van der Waals surface area contributed by atoms with Crippen LogP contribution in [0.1, 0.15) is 36.2 Å². The molecule has 0 amide bonds. The Balaban J connectivity index is 1.42. The molecule has 1 fully saturated rings. The Morgan fingerprint density at radius 2 is 2.03 bits per heavy atom. The highest BCUT2D eigenvalue weighted by molar-refractivity contribution is 5.75. The maximum Gasteiger partial charge on any atom is 0.229 e. The van der Waals surface area contributed by atoms with Crippen molar-refractivity contribution in [2.75, 3.05) is 6.54 Å². The van der Waals surface area contributed by atoms with Gasteiger partial charge in [0.05, 0.1) is 28.3 Å². The van der Waals surface area contributed by atoms with E-state index in [0.717, 1.165) is 36.8 Å². The fraction of sp³-hybridized carbons (Fsp3) is 0.273. The Labute approximate surface area is 170 Å². The quantitative estimate of drug-likeness (QED) is 0.495. The summed E-state index contributed by atoms with van der Waals surface area (Å²) in [7, 11) is 0. The Bertz CT molecular complexity index is 1230. The molecule has 5 rings (SSSR count). The van der Waals surface area contributed by atoms with E-state index >= 15 is 0 Å². The van der Waals surface area contributed by atoms with Crippen molar-refractivity contribution in [2.24, 2.45) is 0 Å². The molecule has 0 bridgehead atoms. The summed E-state index contributed by atoms with van der Waals surface area (Å²) in [5.41, 5.74) is 2.06. The Hall–Kier alpha value is -3.13. The molecule has 1 N–H and O–H groups in total. The standard InChI is InChI=1S/C22H19F3N4O/c1-12-18(28-22(30-12)14-4-2-5-15(24)20(14)25)11-29-9-3-6-19(29)21-26-16-8-7-13(23)10-17(16)27-21/h2,4-5,7-8,10,19H,3,6,9,11H2,1H3,(H,26,27)/t19-/m0/s1. The average Bonchev–Trinajstić information content (AvgIpc) is 3.43. The van der Waals surface area contributed by atoms with Gasteiger partial charge < -0.3 is 9.40 Å². The Morgan fingerprint density at radius 3 is 2.90 bits per heavy atom. The van der Waals surface area contributed by atoms with Crippen LogP contribution in [0.4, 0.5) is 13.2 Å². The average molecular weight is 412 g/mol. The molecule has 5 nitrogen and oxygen atoms in total. The van der Waals surface area contributed by atoms with Crippen molar-refractivity contribution in [2.45, 2.75) is 32.4 Å². The first kappa shape index (κ1) is 18.9. The van der Waals surface area contributed by atoms with E-state index in [1.54, 1.807) is 13.0 Å². The molecule has 3 heterocycles. The van der Waals surface area contributed by atoms with Crippen molar-refractivity contribution in [1.82, 2.24) is 19.9 Å². The number of H-pyrrole nitrogens is 1. The first-order valence-corrected chi connectivity index (χ1v) is 9.79. The molecule has 1 saturated heterocycles. The number of halogens is 3. The van der Waals surface area contributed by atoms with Gasteiger partial charge >= 0.3 is 0 Å². The van der Waals surface area contributed by atoms with Crippen LogP contribution >= 0.6 is 0 Å². The van der Waals surface area contributed by atoms with Gasteiger partial charge in [0.2, 0.25) is 5.89 Å². The van der Waals surface area contributed by atoms with Crippen LogP contribution in [0.2, 0.25) is 0 Å². The lowest BCUT2D eigenvalue weighted by Crippen LogP contribution is -2.24. The molecular weight excluding hydrogens is 393 g/mol. The number of nitrogens with zero attached hydrogens (tertiary/aromatic N) is 3. The van der Waals surface area contributed by atoms with Crippen molar-refractivity contribution in [3.05, 3.63) is 71.1 Å². The zero-order valence-corrected chi connectivity index (χ0v) is 16.3. The van der Waals surface area contributed by atoms with Gasteiger partial charge in [-0.2, -0.15) is 0 Å². The van der Waals surface area contributed by atoms with Crippen LogP contribution in [-0.2, 0) is 6.54 Å². The lowest BCUT2D eigenvalue weighted by molar-refractivity contribution is 0.237. The van der Waals surface area contributed by atoms with E-state index in [-0.39, 0.29) is 23.3 Å². The van der Waals surface area contributed by atoms with Crippen LogP contribution in [-0.4, -0.2) is 26.4 Å². The van der Waals surface area contributed by atoms with Gasteiger partial charge in [0.1, 0.15) is 17.4 Å². The zero-order valence-electron chi connectivity index (χ0n) is 16.3. The first-order chi connectivity index (χ1) is 14.5. The SMILES string of the molecule is Cc1oc(-c2cccc(F)c2F)nc1CN1CCC[C@H]1c1nc2ccc(F)cc2[nH]1. The van der Waals surface area contributed by atoms with Crippen molar-refractivity contribution in [3.8, 4) is 11.5 Å². The molecule has 1 aliphatic heterocycles. The van der Waals surface area contributed by atoms with E-state index in [1.165, 1.54) is 24.3 Å². The van der Waals surface area contributed by atoms with E-state index in [2.05, 4.69) is 19.9 Å². The number of oxazole rings is 1.